The molecule has 0 radical (unpaired) electrons. The van der Waals surface area contributed by atoms with E-state index in [1.807, 2.05) is 30.3 Å². The van der Waals surface area contributed by atoms with Gasteiger partial charge in [0.2, 0.25) is 0 Å². The number of halogens is 1. The molecule has 8 heteroatoms. The fourth-order valence-electron chi connectivity index (χ4n) is 2.01. The lowest BCUT2D eigenvalue weighted by molar-refractivity contribution is -0.148. The van der Waals surface area contributed by atoms with Gasteiger partial charge in [0.1, 0.15) is 5.01 Å². The Kier molecular flexibility index (Phi) is 8.10. The third-order valence-electron chi connectivity index (χ3n) is 3.32. The van der Waals surface area contributed by atoms with E-state index in [0.29, 0.717) is 16.5 Å². The highest BCUT2D eigenvalue weighted by atomic mass is 35.5. The molecule has 0 spiro atoms. The first-order valence-corrected chi connectivity index (χ1v) is 10.1. The van der Waals surface area contributed by atoms with Crippen molar-refractivity contribution < 1.29 is 14.3 Å². The second kappa shape index (κ2) is 10.3. The number of hydrogen-bond acceptors (Lipinski definition) is 7. The zero-order valence-corrected chi connectivity index (χ0v) is 16.5. The lowest BCUT2D eigenvalue weighted by Gasteiger charge is -2.07. The summed E-state index contributed by atoms with van der Waals surface area (Å²) in [5, 5.41) is 12.1. The fraction of sp³-hybridized carbons (Fsp3) is 0.333. The first-order chi connectivity index (χ1) is 12.5. The number of benzene rings is 1. The van der Waals surface area contributed by atoms with Crippen LogP contribution in [0, 0.1) is 18.3 Å². The summed E-state index contributed by atoms with van der Waals surface area (Å²) in [5.74, 6) is -1.13. The molecule has 2 rings (SSSR count). The van der Waals surface area contributed by atoms with Gasteiger partial charge < -0.3 is 4.74 Å². The van der Waals surface area contributed by atoms with Gasteiger partial charge in [0, 0.05) is 27.4 Å². The van der Waals surface area contributed by atoms with Crippen LogP contribution < -0.4 is 0 Å². The first kappa shape index (κ1) is 20.4. The third kappa shape index (κ3) is 6.45. The van der Waals surface area contributed by atoms with E-state index < -0.39 is 24.3 Å². The minimum atomic E-state index is -0.984. The highest BCUT2D eigenvalue weighted by Gasteiger charge is 2.24. The van der Waals surface area contributed by atoms with Crippen LogP contribution in [0.5, 0.6) is 0 Å². The van der Waals surface area contributed by atoms with Gasteiger partial charge in [-0.05, 0) is 43.4 Å². The second-order valence-corrected chi connectivity index (χ2v) is 7.92. The standard InChI is InChI=1S/C18H17ClN2O3S2/c1-12-11-26-18(21-12)15(9-20)16(22)10-24-17(23)3-2-8-25-14-6-4-13(19)5-7-14/h4-7,11,15H,2-3,8,10H2,1H3/t15-/m0/s1. The Balaban J connectivity index is 1.68. The van der Waals surface area contributed by atoms with Crippen molar-refractivity contribution in [1.82, 2.24) is 4.98 Å². The summed E-state index contributed by atoms with van der Waals surface area (Å²) < 4.78 is 4.99. The van der Waals surface area contributed by atoms with Crippen molar-refractivity contribution >= 4 is 46.5 Å². The molecule has 1 heterocycles. The largest absolute Gasteiger partial charge is 0.458 e. The Labute approximate surface area is 165 Å². The quantitative estimate of drug-likeness (QED) is 0.347. The van der Waals surface area contributed by atoms with Crippen LogP contribution in [-0.4, -0.2) is 29.1 Å². The molecule has 1 atom stereocenters. The van der Waals surface area contributed by atoms with Crippen LogP contribution in [0.25, 0.3) is 0 Å². The van der Waals surface area contributed by atoms with Gasteiger partial charge >= 0.3 is 5.97 Å². The maximum Gasteiger partial charge on any atom is 0.306 e. The first-order valence-electron chi connectivity index (χ1n) is 7.88. The number of Topliss-reactive ketones (excluding diaryl/α,β-unsaturated/α-hetero) is 1. The Morgan fingerprint density at radius 1 is 1.38 bits per heavy atom. The molecule has 0 unspecified atom stereocenters. The summed E-state index contributed by atoms with van der Waals surface area (Å²) >= 11 is 8.70. The summed E-state index contributed by atoms with van der Waals surface area (Å²) in [7, 11) is 0. The predicted molar refractivity (Wildman–Crippen MR) is 103 cm³/mol. The van der Waals surface area contributed by atoms with Crippen LogP contribution in [0.1, 0.15) is 29.5 Å². The molecular formula is C18H17ClN2O3S2. The molecule has 136 valence electrons. The number of ether oxygens (including phenoxy) is 1. The number of thioether (sulfide) groups is 1. The van der Waals surface area contributed by atoms with Crippen molar-refractivity contribution in [2.45, 2.75) is 30.6 Å². The molecule has 26 heavy (non-hydrogen) atoms. The number of esters is 1. The molecule has 1 aromatic heterocycles. The number of rotatable bonds is 9. The minimum absolute atomic E-state index is 0.224. The second-order valence-electron chi connectivity index (χ2n) is 5.42. The van der Waals surface area contributed by atoms with Crippen molar-refractivity contribution in [3.8, 4) is 6.07 Å². The van der Waals surface area contributed by atoms with Crippen molar-refractivity contribution in [2.24, 2.45) is 0 Å². The average Bonchev–Trinajstić information content (AvgIpc) is 3.05. The van der Waals surface area contributed by atoms with E-state index in [9.17, 15) is 9.59 Å². The average molecular weight is 409 g/mol. The van der Waals surface area contributed by atoms with Crippen LogP contribution in [0.2, 0.25) is 5.02 Å². The van der Waals surface area contributed by atoms with Crippen molar-refractivity contribution in [3.05, 3.63) is 45.4 Å². The summed E-state index contributed by atoms with van der Waals surface area (Å²) in [4.78, 5) is 29.1. The van der Waals surface area contributed by atoms with Crippen LogP contribution in [0.3, 0.4) is 0 Å². The maximum atomic E-state index is 12.1. The van der Waals surface area contributed by atoms with Crippen LogP contribution in [0.4, 0.5) is 0 Å². The molecule has 0 saturated heterocycles. The van der Waals surface area contributed by atoms with E-state index in [0.717, 1.165) is 16.3 Å². The van der Waals surface area contributed by atoms with Gasteiger partial charge in [0.05, 0.1) is 6.07 Å². The topological polar surface area (TPSA) is 80.0 Å². The number of nitriles is 1. The lowest BCUT2D eigenvalue weighted by Crippen LogP contribution is -2.19. The number of carbonyl (C=O) groups is 2. The molecule has 0 fully saturated rings. The predicted octanol–water partition coefficient (Wildman–Crippen LogP) is 4.40. The fourth-order valence-corrected chi connectivity index (χ4v) is 3.85. The number of thiazole rings is 1. The molecule has 1 aromatic carbocycles. The van der Waals surface area contributed by atoms with Gasteiger partial charge in [0.25, 0.3) is 0 Å². The van der Waals surface area contributed by atoms with Gasteiger partial charge in [-0.3, -0.25) is 9.59 Å². The Hall–Kier alpha value is -1.88. The number of ketones is 1. The summed E-state index contributed by atoms with van der Waals surface area (Å²) in [6.07, 6.45) is 0.856. The molecule has 0 N–H and O–H groups in total. The Morgan fingerprint density at radius 3 is 2.73 bits per heavy atom. The summed E-state index contributed by atoms with van der Waals surface area (Å²) in [6.45, 7) is 1.39. The normalized spacial score (nSPS) is 11.6. The zero-order valence-electron chi connectivity index (χ0n) is 14.1. The smallest absolute Gasteiger partial charge is 0.306 e. The molecule has 0 bridgehead atoms. The highest BCUT2D eigenvalue weighted by molar-refractivity contribution is 7.99. The molecule has 0 aliphatic heterocycles. The number of hydrogen-bond donors (Lipinski definition) is 0. The Morgan fingerprint density at radius 2 is 2.12 bits per heavy atom. The summed E-state index contributed by atoms with van der Waals surface area (Å²) in [6, 6.07) is 9.41. The Bertz CT molecular complexity index is 800. The number of aromatic nitrogens is 1. The van der Waals surface area contributed by atoms with Gasteiger partial charge in [-0.2, -0.15) is 5.26 Å². The van der Waals surface area contributed by atoms with Crippen molar-refractivity contribution in [3.63, 3.8) is 0 Å². The van der Waals surface area contributed by atoms with E-state index >= 15 is 0 Å². The van der Waals surface area contributed by atoms with E-state index in [4.69, 9.17) is 21.6 Å². The maximum absolute atomic E-state index is 12.1. The van der Waals surface area contributed by atoms with Crippen LogP contribution in [-0.2, 0) is 14.3 Å². The van der Waals surface area contributed by atoms with E-state index in [-0.39, 0.29) is 6.42 Å². The third-order valence-corrected chi connectivity index (χ3v) is 5.70. The SMILES string of the molecule is Cc1csc([C@@H](C#N)C(=O)COC(=O)CCCSc2ccc(Cl)cc2)n1. The highest BCUT2D eigenvalue weighted by Crippen LogP contribution is 2.22. The number of carbonyl (C=O) groups excluding carboxylic acids is 2. The zero-order chi connectivity index (χ0) is 18.9. The molecule has 0 amide bonds. The molecule has 2 aromatic rings. The molecule has 5 nitrogen and oxygen atoms in total. The minimum Gasteiger partial charge on any atom is -0.458 e. The van der Waals surface area contributed by atoms with Crippen LogP contribution >= 0.6 is 34.7 Å². The van der Waals surface area contributed by atoms with E-state index in [2.05, 4.69) is 4.98 Å². The van der Waals surface area contributed by atoms with Gasteiger partial charge in [-0.25, -0.2) is 4.98 Å². The molecule has 0 saturated carbocycles. The van der Waals surface area contributed by atoms with Gasteiger partial charge in [-0.15, -0.1) is 23.1 Å². The van der Waals surface area contributed by atoms with Crippen LogP contribution in [0.15, 0.2) is 34.5 Å². The molecule has 0 aliphatic rings. The lowest BCUT2D eigenvalue weighted by atomic mass is 10.1. The molecular weight excluding hydrogens is 392 g/mol. The van der Waals surface area contributed by atoms with E-state index in [1.165, 1.54) is 11.3 Å². The van der Waals surface area contributed by atoms with Crippen molar-refractivity contribution in [1.29, 1.82) is 5.26 Å². The van der Waals surface area contributed by atoms with E-state index in [1.54, 1.807) is 24.1 Å². The van der Waals surface area contributed by atoms with Crippen molar-refractivity contribution in [2.75, 3.05) is 12.4 Å². The molecule has 0 aliphatic carbocycles. The van der Waals surface area contributed by atoms with Gasteiger partial charge in [0.15, 0.2) is 18.3 Å². The monoisotopic (exact) mass is 408 g/mol. The summed E-state index contributed by atoms with van der Waals surface area (Å²) in [5.41, 5.74) is 0.758. The van der Waals surface area contributed by atoms with Gasteiger partial charge in [-0.1, -0.05) is 11.6 Å². The number of aryl methyl sites for hydroxylation is 1. The number of nitrogens with zero attached hydrogens (tertiary/aromatic N) is 2.